The Balaban J connectivity index is 1.96. The van der Waals surface area contributed by atoms with Crippen molar-refractivity contribution in [3.05, 3.63) is 76.0 Å². The summed E-state index contributed by atoms with van der Waals surface area (Å²) >= 11 is 6.58. The number of H-pyrrole nitrogens is 1. The number of aromatic nitrogens is 2. The third kappa shape index (κ3) is 3.37. The number of anilines is 1. The van der Waals surface area contributed by atoms with Crippen LogP contribution in [0, 0.1) is 11.3 Å². The van der Waals surface area contributed by atoms with Gasteiger partial charge < -0.3 is 10.1 Å². The number of ether oxygens (including phenoxy) is 1. The van der Waals surface area contributed by atoms with Crippen LogP contribution in [0.3, 0.4) is 0 Å². The minimum Gasteiger partial charge on any atom is -0.497 e. The Kier molecular flexibility index (Phi) is 5.28. The van der Waals surface area contributed by atoms with E-state index in [0.29, 0.717) is 10.6 Å². The number of aromatic amines is 1. The van der Waals surface area contributed by atoms with Crippen LogP contribution in [0.4, 0.5) is 5.82 Å². The lowest BCUT2D eigenvalue weighted by molar-refractivity contribution is 0.415. The van der Waals surface area contributed by atoms with Crippen LogP contribution in [0.15, 0.2) is 59.8 Å². The predicted octanol–water partition coefficient (Wildman–Crippen LogP) is 5.87. The number of fused-ring (bicyclic) bond motifs is 1. The number of benzene rings is 2. The van der Waals surface area contributed by atoms with Crippen molar-refractivity contribution < 1.29 is 4.74 Å². The first-order valence-corrected chi connectivity index (χ1v) is 9.93. The lowest BCUT2D eigenvalue weighted by atomic mass is 9.80. The summed E-state index contributed by atoms with van der Waals surface area (Å²) in [6, 6.07) is 17.9. The lowest BCUT2D eigenvalue weighted by Gasteiger charge is -2.27. The number of hydrogen-bond acceptors (Lipinski definition) is 4. The number of nitriles is 1. The number of methoxy groups -OCH3 is 1. The van der Waals surface area contributed by atoms with Crippen molar-refractivity contribution in [2.24, 2.45) is 0 Å². The molecule has 1 aliphatic rings. The Hall–Kier alpha value is -3.23. The first kappa shape index (κ1) is 19.1. The smallest absolute Gasteiger partial charge is 0.156 e. The zero-order valence-corrected chi connectivity index (χ0v) is 17.0. The Bertz CT molecular complexity index is 1130. The second kappa shape index (κ2) is 8.02. The first-order chi connectivity index (χ1) is 14.2. The van der Waals surface area contributed by atoms with E-state index >= 15 is 0 Å². The van der Waals surface area contributed by atoms with Gasteiger partial charge in [-0.25, -0.2) is 0 Å². The molecule has 2 heterocycles. The number of rotatable bonds is 5. The predicted molar refractivity (Wildman–Crippen MR) is 115 cm³/mol. The molecule has 0 saturated heterocycles. The molecule has 1 aliphatic heterocycles. The van der Waals surface area contributed by atoms with E-state index in [1.165, 1.54) is 0 Å². The van der Waals surface area contributed by atoms with Gasteiger partial charge in [-0.15, -0.1) is 0 Å². The van der Waals surface area contributed by atoms with Gasteiger partial charge in [0.25, 0.3) is 0 Å². The van der Waals surface area contributed by atoms with Crippen LogP contribution in [-0.4, -0.2) is 17.3 Å². The van der Waals surface area contributed by atoms with E-state index in [2.05, 4.69) is 28.5 Å². The summed E-state index contributed by atoms with van der Waals surface area (Å²) in [7, 11) is 1.64. The molecule has 0 spiro atoms. The van der Waals surface area contributed by atoms with Crippen LogP contribution in [0.5, 0.6) is 5.75 Å². The maximum atomic E-state index is 10.1. The number of halogens is 1. The van der Waals surface area contributed by atoms with Crippen molar-refractivity contribution in [2.75, 3.05) is 12.4 Å². The van der Waals surface area contributed by atoms with Gasteiger partial charge in [-0.05, 0) is 30.2 Å². The number of allylic oxidation sites excluding steroid dienone is 2. The zero-order valence-electron chi connectivity index (χ0n) is 16.3. The van der Waals surface area contributed by atoms with Crippen molar-refractivity contribution >= 4 is 17.4 Å². The molecule has 1 unspecified atom stereocenters. The van der Waals surface area contributed by atoms with E-state index in [9.17, 15) is 5.26 Å². The zero-order chi connectivity index (χ0) is 20.4. The third-order valence-electron chi connectivity index (χ3n) is 5.17. The molecular formula is C23H21ClN4O. The normalized spacial score (nSPS) is 15.4. The van der Waals surface area contributed by atoms with Crippen LogP contribution in [0.25, 0.3) is 11.3 Å². The van der Waals surface area contributed by atoms with Crippen LogP contribution in [0.2, 0.25) is 5.02 Å². The van der Waals surface area contributed by atoms with E-state index in [0.717, 1.165) is 52.5 Å². The van der Waals surface area contributed by atoms with Crippen LogP contribution in [-0.2, 0) is 0 Å². The van der Waals surface area contributed by atoms with Gasteiger partial charge in [-0.2, -0.15) is 10.4 Å². The average Bonchev–Trinajstić information content (AvgIpc) is 3.17. The van der Waals surface area contributed by atoms with E-state index in [1.54, 1.807) is 7.11 Å². The van der Waals surface area contributed by atoms with Crippen molar-refractivity contribution in [1.29, 1.82) is 5.26 Å². The second-order valence-electron chi connectivity index (χ2n) is 6.93. The molecule has 1 aromatic heterocycles. The molecule has 1 atom stereocenters. The van der Waals surface area contributed by atoms with Gasteiger partial charge in [0, 0.05) is 21.8 Å². The monoisotopic (exact) mass is 404 g/mol. The van der Waals surface area contributed by atoms with Crippen LogP contribution < -0.4 is 10.1 Å². The third-order valence-corrected chi connectivity index (χ3v) is 5.52. The van der Waals surface area contributed by atoms with Gasteiger partial charge in [0.1, 0.15) is 5.75 Å². The van der Waals surface area contributed by atoms with Crippen molar-refractivity contribution in [3.63, 3.8) is 0 Å². The van der Waals surface area contributed by atoms with E-state index < -0.39 is 0 Å². The average molecular weight is 405 g/mol. The molecule has 2 aromatic carbocycles. The Morgan fingerprint density at radius 3 is 2.76 bits per heavy atom. The molecule has 0 aliphatic carbocycles. The SMILES string of the molecule is CCCC1=C(C#N)C(c2ccccc2Cl)c2c(n[nH]c2-c2cccc(OC)c2)N1. The highest BCUT2D eigenvalue weighted by atomic mass is 35.5. The summed E-state index contributed by atoms with van der Waals surface area (Å²) in [6.07, 6.45) is 1.69. The second-order valence-corrected chi connectivity index (χ2v) is 7.33. The molecule has 0 saturated carbocycles. The highest BCUT2D eigenvalue weighted by Crippen LogP contribution is 2.47. The molecule has 2 N–H and O–H groups in total. The summed E-state index contributed by atoms with van der Waals surface area (Å²) in [5, 5.41) is 21.8. The van der Waals surface area contributed by atoms with Gasteiger partial charge in [-0.3, -0.25) is 5.10 Å². The molecule has 0 amide bonds. The van der Waals surface area contributed by atoms with Crippen LogP contribution in [0.1, 0.15) is 36.8 Å². The molecule has 0 bridgehead atoms. The summed E-state index contributed by atoms with van der Waals surface area (Å²) in [5.74, 6) is 1.19. The largest absolute Gasteiger partial charge is 0.497 e. The topological polar surface area (TPSA) is 73.7 Å². The molecule has 146 valence electrons. The molecule has 4 rings (SSSR count). The van der Waals surface area contributed by atoms with Crippen molar-refractivity contribution in [3.8, 4) is 23.1 Å². The Labute approximate surface area is 175 Å². The molecule has 0 fully saturated rings. The molecule has 0 radical (unpaired) electrons. The standard InChI is InChI=1S/C23H21ClN4O/c1-3-7-19-17(13-25)20(16-10-4-5-11-18(16)24)21-22(27-28-23(21)26-19)14-8-6-9-15(12-14)29-2/h4-6,8-12,20H,3,7H2,1-2H3,(H2,26,27,28). The highest BCUT2D eigenvalue weighted by Gasteiger charge is 2.35. The summed E-state index contributed by atoms with van der Waals surface area (Å²) in [6.45, 7) is 2.09. The fraction of sp³-hybridized carbons (Fsp3) is 0.217. The van der Waals surface area contributed by atoms with E-state index in [1.807, 2.05) is 48.5 Å². The number of hydrogen-bond donors (Lipinski definition) is 2. The van der Waals surface area contributed by atoms with Gasteiger partial charge in [-0.1, -0.05) is 55.3 Å². The minimum absolute atomic E-state index is 0.300. The molecule has 29 heavy (non-hydrogen) atoms. The summed E-state index contributed by atoms with van der Waals surface area (Å²) in [5.41, 5.74) is 5.18. The molecule has 5 nitrogen and oxygen atoms in total. The number of nitrogens with one attached hydrogen (secondary N) is 2. The molecule has 3 aromatic rings. The summed E-state index contributed by atoms with van der Waals surface area (Å²) in [4.78, 5) is 0. The van der Waals surface area contributed by atoms with Crippen LogP contribution >= 0.6 is 11.6 Å². The van der Waals surface area contributed by atoms with Crippen molar-refractivity contribution in [1.82, 2.24) is 10.2 Å². The summed E-state index contributed by atoms with van der Waals surface area (Å²) < 4.78 is 5.39. The maximum Gasteiger partial charge on any atom is 0.156 e. The first-order valence-electron chi connectivity index (χ1n) is 9.55. The van der Waals surface area contributed by atoms with Gasteiger partial charge >= 0.3 is 0 Å². The van der Waals surface area contributed by atoms with E-state index in [4.69, 9.17) is 16.3 Å². The van der Waals surface area contributed by atoms with Gasteiger partial charge in [0.05, 0.1) is 30.4 Å². The maximum absolute atomic E-state index is 10.1. The number of nitrogens with zero attached hydrogens (tertiary/aromatic N) is 2. The Morgan fingerprint density at radius 1 is 1.21 bits per heavy atom. The molecular weight excluding hydrogens is 384 g/mol. The fourth-order valence-electron chi connectivity index (χ4n) is 3.85. The Morgan fingerprint density at radius 2 is 2.03 bits per heavy atom. The minimum atomic E-state index is -0.300. The highest BCUT2D eigenvalue weighted by molar-refractivity contribution is 6.31. The molecule has 6 heteroatoms. The van der Waals surface area contributed by atoms with E-state index in [-0.39, 0.29) is 5.92 Å². The lowest BCUT2D eigenvalue weighted by Crippen LogP contribution is -2.18. The van der Waals surface area contributed by atoms with Crippen molar-refractivity contribution in [2.45, 2.75) is 25.7 Å². The van der Waals surface area contributed by atoms with Gasteiger partial charge in [0.2, 0.25) is 0 Å². The quantitative estimate of drug-likeness (QED) is 0.557. The fourth-order valence-corrected chi connectivity index (χ4v) is 4.10. The van der Waals surface area contributed by atoms with Gasteiger partial charge in [0.15, 0.2) is 5.82 Å².